The summed E-state index contributed by atoms with van der Waals surface area (Å²) in [4.78, 5) is 22.9. The van der Waals surface area contributed by atoms with E-state index in [0.717, 1.165) is 35.5 Å². The molecule has 0 fully saturated rings. The van der Waals surface area contributed by atoms with Crippen LogP contribution in [0.5, 0.6) is 0 Å². The van der Waals surface area contributed by atoms with Crippen LogP contribution in [0, 0.1) is 5.92 Å². The van der Waals surface area contributed by atoms with Crippen LogP contribution < -0.4 is 0 Å². The van der Waals surface area contributed by atoms with Crippen LogP contribution in [0.1, 0.15) is 43.1 Å². The van der Waals surface area contributed by atoms with Gasteiger partial charge in [-0.05, 0) is 54.2 Å². The molecule has 0 saturated heterocycles. The molecule has 140 valence electrons. The van der Waals surface area contributed by atoms with Gasteiger partial charge in [-0.2, -0.15) is 0 Å². The summed E-state index contributed by atoms with van der Waals surface area (Å²) in [6, 6.07) is 9.89. The fourth-order valence-electron chi connectivity index (χ4n) is 4.11. The Kier molecular flexibility index (Phi) is 4.92. The van der Waals surface area contributed by atoms with E-state index in [1.807, 2.05) is 35.2 Å². The number of hydrogen-bond acceptors (Lipinski definition) is 2. The first-order chi connectivity index (χ1) is 13.0. The van der Waals surface area contributed by atoms with Gasteiger partial charge in [0.2, 0.25) is 5.91 Å². The molecule has 4 nitrogen and oxygen atoms in total. The van der Waals surface area contributed by atoms with Gasteiger partial charge in [-0.25, -0.2) is 0 Å². The third kappa shape index (κ3) is 3.59. The number of H-pyrrole nitrogens is 1. The van der Waals surface area contributed by atoms with Gasteiger partial charge in [-0.1, -0.05) is 31.5 Å². The maximum absolute atomic E-state index is 13.1. The van der Waals surface area contributed by atoms with Crippen LogP contribution in [0.4, 0.5) is 0 Å². The predicted octanol–water partition coefficient (Wildman–Crippen LogP) is 4.93. The van der Waals surface area contributed by atoms with Gasteiger partial charge in [0, 0.05) is 40.6 Å². The number of halogens is 1. The largest absolute Gasteiger partial charge is 0.356 e. The summed E-state index contributed by atoms with van der Waals surface area (Å²) in [5.41, 5.74) is 4.54. The van der Waals surface area contributed by atoms with Crippen molar-refractivity contribution in [1.29, 1.82) is 0 Å². The average Bonchev–Trinajstić information content (AvgIpc) is 3.01. The number of benzene rings is 1. The van der Waals surface area contributed by atoms with Gasteiger partial charge >= 0.3 is 0 Å². The third-order valence-electron chi connectivity index (χ3n) is 5.31. The van der Waals surface area contributed by atoms with Crippen LogP contribution in [-0.2, 0) is 17.6 Å². The molecule has 1 atom stereocenters. The molecule has 1 aliphatic heterocycles. The lowest BCUT2D eigenvalue weighted by molar-refractivity contribution is -0.133. The van der Waals surface area contributed by atoms with Crippen molar-refractivity contribution in [1.82, 2.24) is 14.9 Å². The van der Waals surface area contributed by atoms with E-state index < -0.39 is 0 Å². The van der Waals surface area contributed by atoms with Crippen LogP contribution in [-0.4, -0.2) is 27.3 Å². The molecular formula is C22H24ClN3O. The molecule has 5 heteroatoms. The molecule has 27 heavy (non-hydrogen) atoms. The molecule has 0 saturated carbocycles. The van der Waals surface area contributed by atoms with E-state index in [9.17, 15) is 4.79 Å². The maximum atomic E-state index is 13.1. The van der Waals surface area contributed by atoms with Crippen LogP contribution in [0.2, 0.25) is 5.02 Å². The molecule has 3 aromatic rings. The van der Waals surface area contributed by atoms with Crippen molar-refractivity contribution >= 4 is 28.4 Å². The normalized spacial score (nSPS) is 16.7. The van der Waals surface area contributed by atoms with Crippen molar-refractivity contribution < 1.29 is 4.79 Å². The average molecular weight is 382 g/mol. The van der Waals surface area contributed by atoms with Gasteiger partial charge < -0.3 is 9.88 Å². The summed E-state index contributed by atoms with van der Waals surface area (Å²) in [7, 11) is 0. The molecule has 4 rings (SSSR count). The standard InChI is InChI=1S/C22H24ClN3O/c1-14(2)10-20-22-17(18-12-16(23)5-6-19(18)25-22)7-9-26(20)21(27)11-15-4-3-8-24-13-15/h3-6,8,12-14,20,25H,7,9-11H2,1-2H3. The van der Waals surface area contributed by atoms with Gasteiger partial charge in [-0.3, -0.25) is 9.78 Å². The van der Waals surface area contributed by atoms with E-state index in [1.165, 1.54) is 16.6 Å². The van der Waals surface area contributed by atoms with E-state index in [4.69, 9.17) is 11.6 Å². The smallest absolute Gasteiger partial charge is 0.227 e. The van der Waals surface area contributed by atoms with Crippen LogP contribution >= 0.6 is 11.6 Å². The summed E-state index contributed by atoms with van der Waals surface area (Å²) in [5, 5.41) is 1.94. The van der Waals surface area contributed by atoms with E-state index in [-0.39, 0.29) is 11.9 Å². The zero-order chi connectivity index (χ0) is 19.0. The lowest BCUT2D eigenvalue weighted by Gasteiger charge is -2.37. The number of carbonyl (C=O) groups excluding carboxylic acids is 1. The van der Waals surface area contributed by atoms with Gasteiger partial charge in [-0.15, -0.1) is 0 Å². The van der Waals surface area contributed by atoms with Crippen LogP contribution in [0.15, 0.2) is 42.7 Å². The first kappa shape index (κ1) is 18.1. The van der Waals surface area contributed by atoms with Crippen molar-refractivity contribution in [2.24, 2.45) is 5.92 Å². The number of nitrogens with one attached hydrogen (secondary N) is 1. The minimum absolute atomic E-state index is 0.0732. The van der Waals surface area contributed by atoms with Crippen molar-refractivity contribution in [3.05, 3.63) is 64.6 Å². The summed E-state index contributed by atoms with van der Waals surface area (Å²) >= 11 is 6.22. The number of aromatic amines is 1. The lowest BCUT2D eigenvalue weighted by atomic mass is 9.91. The number of hydrogen-bond donors (Lipinski definition) is 1. The Labute approximate surface area is 164 Å². The summed E-state index contributed by atoms with van der Waals surface area (Å²) < 4.78 is 0. The molecule has 2 aromatic heterocycles. The molecule has 1 N–H and O–H groups in total. The highest BCUT2D eigenvalue weighted by atomic mass is 35.5. The van der Waals surface area contributed by atoms with Crippen molar-refractivity contribution in [2.45, 2.75) is 39.2 Å². The first-order valence-corrected chi connectivity index (χ1v) is 9.89. The quantitative estimate of drug-likeness (QED) is 0.696. The van der Waals surface area contributed by atoms with Crippen molar-refractivity contribution in [2.75, 3.05) is 6.54 Å². The van der Waals surface area contributed by atoms with Crippen LogP contribution in [0.25, 0.3) is 10.9 Å². The summed E-state index contributed by atoms with van der Waals surface area (Å²) in [5.74, 6) is 0.653. The Morgan fingerprint density at radius 2 is 2.22 bits per heavy atom. The maximum Gasteiger partial charge on any atom is 0.227 e. The first-order valence-electron chi connectivity index (χ1n) is 9.51. The number of fused-ring (bicyclic) bond motifs is 3. The molecule has 0 spiro atoms. The molecule has 3 heterocycles. The Bertz CT molecular complexity index is 964. The number of nitrogens with zero attached hydrogens (tertiary/aromatic N) is 2. The molecule has 1 aromatic carbocycles. The topological polar surface area (TPSA) is 49.0 Å². The minimum atomic E-state index is 0.0732. The van der Waals surface area contributed by atoms with Crippen LogP contribution in [0.3, 0.4) is 0 Å². The monoisotopic (exact) mass is 381 g/mol. The zero-order valence-corrected chi connectivity index (χ0v) is 16.5. The molecule has 0 aliphatic carbocycles. The van der Waals surface area contributed by atoms with Crippen molar-refractivity contribution in [3.8, 4) is 0 Å². The Balaban J connectivity index is 1.69. The molecule has 1 unspecified atom stereocenters. The summed E-state index contributed by atoms with van der Waals surface area (Å²) in [6.07, 6.45) is 5.69. The highest BCUT2D eigenvalue weighted by Crippen LogP contribution is 2.38. The second-order valence-corrected chi connectivity index (χ2v) is 8.16. The molecule has 0 bridgehead atoms. The predicted molar refractivity (Wildman–Crippen MR) is 109 cm³/mol. The SMILES string of the molecule is CC(C)CC1c2[nH]c3ccc(Cl)cc3c2CCN1C(=O)Cc1cccnc1. The zero-order valence-electron chi connectivity index (χ0n) is 15.7. The second-order valence-electron chi connectivity index (χ2n) is 7.73. The van der Waals surface area contributed by atoms with E-state index in [2.05, 4.69) is 23.8 Å². The fourth-order valence-corrected chi connectivity index (χ4v) is 4.28. The second kappa shape index (κ2) is 7.35. The molecular weight excluding hydrogens is 358 g/mol. The van der Waals surface area contributed by atoms with Crippen molar-refractivity contribution in [3.63, 3.8) is 0 Å². The minimum Gasteiger partial charge on any atom is -0.356 e. The Morgan fingerprint density at radius 3 is 2.96 bits per heavy atom. The number of carbonyl (C=O) groups is 1. The molecule has 1 aliphatic rings. The van der Waals surface area contributed by atoms with Gasteiger partial charge in [0.15, 0.2) is 0 Å². The Morgan fingerprint density at radius 1 is 1.37 bits per heavy atom. The number of pyridine rings is 1. The number of amides is 1. The highest BCUT2D eigenvalue weighted by molar-refractivity contribution is 6.31. The van der Waals surface area contributed by atoms with Gasteiger partial charge in [0.1, 0.15) is 0 Å². The molecule has 0 radical (unpaired) electrons. The van der Waals surface area contributed by atoms with E-state index in [1.54, 1.807) is 12.4 Å². The van der Waals surface area contributed by atoms with Gasteiger partial charge in [0.25, 0.3) is 0 Å². The Hall–Kier alpha value is -2.33. The van der Waals surface area contributed by atoms with Gasteiger partial charge in [0.05, 0.1) is 12.5 Å². The lowest BCUT2D eigenvalue weighted by Crippen LogP contribution is -2.41. The number of rotatable bonds is 4. The third-order valence-corrected chi connectivity index (χ3v) is 5.54. The highest BCUT2D eigenvalue weighted by Gasteiger charge is 2.33. The summed E-state index contributed by atoms with van der Waals surface area (Å²) in [6.45, 7) is 5.15. The number of aromatic nitrogens is 2. The van der Waals surface area contributed by atoms with E-state index in [0.29, 0.717) is 12.3 Å². The van der Waals surface area contributed by atoms with E-state index >= 15 is 0 Å². The molecule has 1 amide bonds. The fraction of sp³-hybridized carbons (Fsp3) is 0.364.